The summed E-state index contributed by atoms with van der Waals surface area (Å²) in [6.07, 6.45) is -0.726. The van der Waals surface area contributed by atoms with E-state index in [1.54, 1.807) is 29.6 Å². The van der Waals surface area contributed by atoms with Gasteiger partial charge in [-0.25, -0.2) is 0 Å². The van der Waals surface area contributed by atoms with Crippen molar-refractivity contribution < 1.29 is 10.1 Å². The van der Waals surface area contributed by atoms with Crippen molar-refractivity contribution in [2.24, 2.45) is 0 Å². The van der Waals surface area contributed by atoms with Crippen LogP contribution in [-0.4, -0.2) is 15.9 Å². The van der Waals surface area contributed by atoms with Crippen molar-refractivity contribution in [3.8, 4) is 0 Å². The van der Waals surface area contributed by atoms with E-state index < -0.39 is 9.96 Å². The number of hydrogen-bond donors (Lipinski definition) is 2. The van der Waals surface area contributed by atoms with Gasteiger partial charge in [-0.15, -0.1) is 0 Å². The van der Waals surface area contributed by atoms with E-state index in [4.69, 9.17) is 46.4 Å². The van der Waals surface area contributed by atoms with Gasteiger partial charge in [0.25, 0.3) is 9.70 Å². The lowest BCUT2D eigenvalue weighted by atomic mass is 10.2. The molecule has 0 heterocycles. The Kier molecular flexibility index (Phi) is 6.57. The van der Waals surface area contributed by atoms with Gasteiger partial charge in [0.1, 0.15) is 6.54 Å². The summed E-state index contributed by atoms with van der Waals surface area (Å²) in [6, 6.07) is 16.2. The van der Waals surface area contributed by atoms with E-state index in [0.717, 1.165) is 5.56 Å². The van der Waals surface area contributed by atoms with Crippen molar-refractivity contribution in [2.75, 3.05) is 0 Å². The number of nitrogens with two attached hydrogens (primary N) is 1. The molecular weight excluding hydrogens is 378 g/mol. The van der Waals surface area contributed by atoms with Crippen LogP contribution in [0.2, 0.25) is 5.02 Å². The van der Waals surface area contributed by atoms with Crippen LogP contribution in [0.1, 0.15) is 15.9 Å². The smallest absolute Gasteiger partial charge is 0.262 e. The Labute approximate surface area is 154 Å². The number of carbonyl (C=O) groups is 1. The first-order valence-electron chi connectivity index (χ1n) is 6.86. The van der Waals surface area contributed by atoms with Crippen LogP contribution in [-0.2, 0) is 6.54 Å². The molecule has 0 unspecified atom stereocenters. The molecule has 2 aromatic carbocycles. The van der Waals surface area contributed by atoms with Gasteiger partial charge in [0, 0.05) is 16.1 Å². The number of halogens is 4. The Morgan fingerprint density at radius 3 is 2.22 bits per heavy atom. The molecule has 0 aliphatic carbocycles. The predicted molar refractivity (Wildman–Crippen MR) is 95.1 cm³/mol. The van der Waals surface area contributed by atoms with Gasteiger partial charge >= 0.3 is 0 Å². The summed E-state index contributed by atoms with van der Waals surface area (Å²) in [4.78, 5) is 12.3. The Morgan fingerprint density at radius 1 is 1.04 bits per heavy atom. The standard InChI is InChI=1S/C16H14Cl4N2O/c17-13-8-6-12(7-9-13)14(23)22-15(16(18,19)20)21-10-11-4-2-1-3-5-11/h1-9,15,21H,10H2,(H,22,23)/p+1/t15-/m0/s1. The van der Waals surface area contributed by atoms with E-state index >= 15 is 0 Å². The molecular formula is C16H15Cl4N2O+. The van der Waals surface area contributed by atoms with E-state index in [2.05, 4.69) is 5.32 Å². The minimum Gasteiger partial charge on any atom is -0.319 e. The lowest BCUT2D eigenvalue weighted by molar-refractivity contribution is -0.706. The van der Waals surface area contributed by atoms with Crippen LogP contribution in [0.5, 0.6) is 0 Å². The minimum atomic E-state index is -1.64. The molecule has 0 radical (unpaired) electrons. The molecule has 1 amide bonds. The number of rotatable bonds is 5. The average Bonchev–Trinajstić information content (AvgIpc) is 2.51. The summed E-state index contributed by atoms with van der Waals surface area (Å²) in [5.41, 5.74) is 1.51. The molecule has 3 N–H and O–H groups in total. The van der Waals surface area contributed by atoms with E-state index in [9.17, 15) is 4.79 Å². The summed E-state index contributed by atoms with van der Waals surface area (Å²) in [6.45, 7) is 0.570. The SMILES string of the molecule is O=C(N[C@H]([NH2+]Cc1ccccc1)C(Cl)(Cl)Cl)c1ccc(Cl)cc1. The molecule has 7 heteroatoms. The van der Waals surface area contributed by atoms with E-state index in [0.29, 0.717) is 17.1 Å². The Balaban J connectivity index is 2.04. The lowest BCUT2D eigenvalue weighted by Crippen LogP contribution is -2.95. The van der Waals surface area contributed by atoms with Crippen molar-refractivity contribution >= 4 is 52.3 Å². The van der Waals surface area contributed by atoms with Crippen molar-refractivity contribution in [3.63, 3.8) is 0 Å². The van der Waals surface area contributed by atoms with Crippen molar-refractivity contribution in [1.82, 2.24) is 5.32 Å². The van der Waals surface area contributed by atoms with Crippen LogP contribution in [0.4, 0.5) is 0 Å². The second-order valence-electron chi connectivity index (χ2n) is 4.93. The van der Waals surface area contributed by atoms with Crippen LogP contribution < -0.4 is 10.6 Å². The summed E-state index contributed by atoms with van der Waals surface area (Å²) in [7, 11) is 0. The number of carbonyl (C=O) groups excluding carboxylic acids is 1. The highest BCUT2D eigenvalue weighted by atomic mass is 35.6. The number of hydrogen-bond acceptors (Lipinski definition) is 1. The zero-order valence-electron chi connectivity index (χ0n) is 12.0. The fourth-order valence-corrected chi connectivity index (χ4v) is 2.53. The second kappa shape index (κ2) is 8.22. The fourth-order valence-electron chi connectivity index (χ4n) is 1.97. The zero-order valence-corrected chi connectivity index (χ0v) is 15.0. The van der Waals surface area contributed by atoms with Crippen molar-refractivity contribution in [2.45, 2.75) is 16.5 Å². The van der Waals surface area contributed by atoms with Crippen molar-refractivity contribution in [3.05, 3.63) is 70.7 Å². The molecule has 0 bridgehead atoms. The van der Waals surface area contributed by atoms with Gasteiger partial charge in [-0.3, -0.25) is 10.1 Å². The first-order chi connectivity index (χ1) is 10.9. The molecule has 2 aromatic rings. The topological polar surface area (TPSA) is 45.7 Å². The summed E-state index contributed by atoms with van der Waals surface area (Å²) < 4.78 is -1.64. The highest BCUT2D eigenvalue weighted by Gasteiger charge is 2.37. The predicted octanol–water partition coefficient (Wildman–Crippen LogP) is 3.53. The third kappa shape index (κ3) is 5.87. The Hall–Kier alpha value is -0.970. The number of benzene rings is 2. The lowest BCUT2D eigenvalue weighted by Gasteiger charge is -2.23. The largest absolute Gasteiger partial charge is 0.319 e. The van der Waals surface area contributed by atoms with E-state index in [1.807, 2.05) is 30.3 Å². The molecule has 0 fully saturated rings. The van der Waals surface area contributed by atoms with Gasteiger partial charge in [0.15, 0.2) is 0 Å². The molecule has 0 aromatic heterocycles. The van der Waals surface area contributed by atoms with Gasteiger partial charge in [-0.05, 0) is 24.3 Å². The summed E-state index contributed by atoms with van der Waals surface area (Å²) >= 11 is 23.8. The van der Waals surface area contributed by atoms with Crippen LogP contribution in [0.15, 0.2) is 54.6 Å². The molecule has 122 valence electrons. The average molecular weight is 393 g/mol. The molecule has 0 spiro atoms. The quantitative estimate of drug-likeness (QED) is 0.593. The van der Waals surface area contributed by atoms with Gasteiger partial charge < -0.3 is 5.32 Å². The van der Waals surface area contributed by atoms with Crippen LogP contribution in [0.3, 0.4) is 0 Å². The molecule has 0 aliphatic rings. The highest BCUT2D eigenvalue weighted by Crippen LogP contribution is 2.27. The van der Waals surface area contributed by atoms with E-state index in [1.165, 1.54) is 0 Å². The maximum absolute atomic E-state index is 12.3. The Morgan fingerprint density at radius 2 is 1.65 bits per heavy atom. The third-order valence-electron chi connectivity index (χ3n) is 3.18. The molecule has 3 nitrogen and oxygen atoms in total. The zero-order chi connectivity index (χ0) is 16.9. The van der Waals surface area contributed by atoms with Crippen LogP contribution in [0, 0.1) is 0 Å². The van der Waals surface area contributed by atoms with Gasteiger partial charge in [-0.1, -0.05) is 76.7 Å². The number of alkyl halides is 3. The second-order valence-corrected chi connectivity index (χ2v) is 7.73. The van der Waals surface area contributed by atoms with Crippen LogP contribution >= 0.6 is 46.4 Å². The monoisotopic (exact) mass is 391 g/mol. The molecule has 2 rings (SSSR count). The van der Waals surface area contributed by atoms with Crippen molar-refractivity contribution in [1.29, 1.82) is 0 Å². The molecule has 1 atom stereocenters. The fraction of sp³-hybridized carbons (Fsp3) is 0.188. The number of quaternary nitrogens is 1. The Bertz CT molecular complexity index is 641. The highest BCUT2D eigenvalue weighted by molar-refractivity contribution is 6.68. The van der Waals surface area contributed by atoms with Gasteiger partial charge in [0.05, 0.1) is 0 Å². The maximum atomic E-state index is 12.3. The number of amides is 1. The van der Waals surface area contributed by atoms with Gasteiger partial charge in [-0.2, -0.15) is 0 Å². The van der Waals surface area contributed by atoms with Crippen LogP contribution in [0.25, 0.3) is 0 Å². The minimum absolute atomic E-state index is 0.331. The summed E-state index contributed by atoms with van der Waals surface area (Å²) in [5, 5.41) is 5.05. The molecule has 0 aliphatic heterocycles. The third-order valence-corrected chi connectivity index (χ3v) is 4.14. The first-order valence-corrected chi connectivity index (χ1v) is 8.38. The maximum Gasteiger partial charge on any atom is 0.262 e. The van der Waals surface area contributed by atoms with E-state index in [-0.39, 0.29) is 5.91 Å². The normalized spacial score (nSPS) is 12.7. The summed E-state index contributed by atoms with van der Waals surface area (Å²) in [5.74, 6) is -0.331. The van der Waals surface area contributed by atoms with Gasteiger partial charge in [0.2, 0.25) is 6.17 Å². The first kappa shape index (κ1) is 18.4. The molecule has 23 heavy (non-hydrogen) atoms. The number of nitrogens with one attached hydrogen (secondary N) is 1. The molecule has 0 saturated heterocycles. The molecule has 0 saturated carbocycles.